The zero-order valence-electron chi connectivity index (χ0n) is 26.9. The Hall–Kier alpha value is -4.05. The smallest absolute Gasteiger partial charge is 0.141 e. The van der Waals surface area contributed by atoms with Crippen LogP contribution in [0, 0.1) is 13.8 Å². The number of nitrogens with zero attached hydrogens (tertiary/aromatic N) is 2. The van der Waals surface area contributed by atoms with Gasteiger partial charge >= 0.3 is 0 Å². The van der Waals surface area contributed by atoms with Crippen molar-refractivity contribution in [1.29, 1.82) is 0 Å². The standard InChI is InChI=1S/C38H45N3O/c1-22(2)27-16-13-17-28(23(3)4)35(27)39-33-20-26(8)21-34-36(33)40-38(41(34)9)30-15-12-11-14-29(30)32-19-25(7)18-31(24(5)6)37(32)42-10/h11-24,39H,1-10H3. The lowest BCUT2D eigenvalue weighted by Crippen LogP contribution is -2.04. The number of imidazole rings is 1. The fraction of sp³-hybridized carbons (Fsp3) is 0.342. The lowest BCUT2D eigenvalue weighted by molar-refractivity contribution is 0.409. The molecular weight excluding hydrogens is 514 g/mol. The van der Waals surface area contributed by atoms with Crippen LogP contribution in [0.15, 0.2) is 66.7 Å². The van der Waals surface area contributed by atoms with Crippen LogP contribution >= 0.6 is 0 Å². The average Bonchev–Trinajstić information content (AvgIpc) is 3.28. The van der Waals surface area contributed by atoms with Gasteiger partial charge in [-0.2, -0.15) is 0 Å². The van der Waals surface area contributed by atoms with Gasteiger partial charge < -0.3 is 14.6 Å². The summed E-state index contributed by atoms with van der Waals surface area (Å²) in [4.78, 5) is 5.35. The van der Waals surface area contributed by atoms with Crippen LogP contribution in [-0.2, 0) is 7.05 Å². The predicted octanol–water partition coefficient (Wildman–Crippen LogP) is 10.6. The molecule has 5 aromatic rings. The first-order chi connectivity index (χ1) is 20.0. The molecule has 5 rings (SSSR count). The Bertz CT molecular complexity index is 1730. The molecule has 0 radical (unpaired) electrons. The number of benzene rings is 4. The Balaban J connectivity index is 1.73. The fourth-order valence-electron chi connectivity index (χ4n) is 6.16. The van der Waals surface area contributed by atoms with E-state index >= 15 is 0 Å². The number of ether oxygens (including phenoxy) is 1. The van der Waals surface area contributed by atoms with Crippen molar-refractivity contribution < 1.29 is 4.74 Å². The summed E-state index contributed by atoms with van der Waals surface area (Å²) < 4.78 is 8.28. The molecule has 0 unspecified atom stereocenters. The Morgan fingerprint density at radius 1 is 0.690 bits per heavy atom. The summed E-state index contributed by atoms with van der Waals surface area (Å²) in [7, 11) is 3.90. The SMILES string of the molecule is COc1c(-c2ccccc2-c2nc3c(Nc4c(C(C)C)cccc4C(C)C)cc(C)cc3n2C)cc(C)cc1C(C)C. The minimum absolute atomic E-state index is 0.350. The molecule has 218 valence electrons. The Morgan fingerprint density at radius 3 is 1.88 bits per heavy atom. The summed E-state index contributed by atoms with van der Waals surface area (Å²) in [5, 5.41) is 3.88. The van der Waals surface area contributed by atoms with Gasteiger partial charge in [-0.05, 0) is 83.2 Å². The normalized spacial score (nSPS) is 11.7. The highest BCUT2D eigenvalue weighted by molar-refractivity contribution is 5.96. The molecule has 0 aliphatic rings. The van der Waals surface area contributed by atoms with Crippen molar-refractivity contribution in [3.05, 3.63) is 94.5 Å². The van der Waals surface area contributed by atoms with Crippen molar-refractivity contribution in [3.8, 4) is 28.3 Å². The van der Waals surface area contributed by atoms with E-state index in [0.717, 1.165) is 45.0 Å². The Morgan fingerprint density at radius 2 is 1.29 bits per heavy atom. The van der Waals surface area contributed by atoms with Crippen LogP contribution in [0.25, 0.3) is 33.5 Å². The third kappa shape index (κ3) is 5.31. The molecule has 0 amide bonds. The minimum Gasteiger partial charge on any atom is -0.496 e. The van der Waals surface area contributed by atoms with Gasteiger partial charge in [-0.15, -0.1) is 0 Å². The number of anilines is 2. The molecule has 0 spiro atoms. The molecule has 0 bridgehead atoms. The Labute approximate surface area is 251 Å². The zero-order chi connectivity index (χ0) is 30.3. The Kier molecular flexibility index (Phi) is 8.19. The second-order valence-electron chi connectivity index (χ2n) is 12.6. The number of rotatable bonds is 8. The molecule has 1 N–H and O–H groups in total. The number of fused-ring (bicyclic) bond motifs is 1. The largest absolute Gasteiger partial charge is 0.496 e. The van der Waals surface area contributed by atoms with Crippen molar-refractivity contribution >= 4 is 22.4 Å². The van der Waals surface area contributed by atoms with Crippen molar-refractivity contribution in [2.75, 3.05) is 12.4 Å². The number of aromatic nitrogens is 2. The molecule has 1 aromatic heterocycles. The summed E-state index contributed by atoms with van der Waals surface area (Å²) >= 11 is 0. The summed E-state index contributed by atoms with van der Waals surface area (Å²) in [5.74, 6) is 3.02. The van der Waals surface area contributed by atoms with E-state index in [4.69, 9.17) is 9.72 Å². The van der Waals surface area contributed by atoms with Crippen LogP contribution in [0.4, 0.5) is 11.4 Å². The third-order valence-corrected chi connectivity index (χ3v) is 8.31. The fourth-order valence-corrected chi connectivity index (χ4v) is 6.16. The number of nitrogens with one attached hydrogen (secondary N) is 1. The third-order valence-electron chi connectivity index (χ3n) is 8.31. The highest BCUT2D eigenvalue weighted by atomic mass is 16.5. The summed E-state index contributed by atoms with van der Waals surface area (Å²) in [6, 6.07) is 24.2. The van der Waals surface area contributed by atoms with Gasteiger partial charge in [0, 0.05) is 23.9 Å². The number of para-hydroxylation sites is 1. The first-order valence-electron chi connectivity index (χ1n) is 15.2. The van der Waals surface area contributed by atoms with Crippen LogP contribution in [-0.4, -0.2) is 16.7 Å². The van der Waals surface area contributed by atoms with E-state index < -0.39 is 0 Å². The lowest BCUT2D eigenvalue weighted by atomic mass is 9.91. The maximum Gasteiger partial charge on any atom is 0.141 e. The molecule has 4 heteroatoms. The van der Waals surface area contributed by atoms with Gasteiger partial charge in [0.25, 0.3) is 0 Å². The van der Waals surface area contributed by atoms with Crippen LogP contribution in [0.2, 0.25) is 0 Å². The summed E-state index contributed by atoms with van der Waals surface area (Å²) in [6.45, 7) is 17.8. The van der Waals surface area contributed by atoms with Crippen LogP contribution < -0.4 is 10.1 Å². The van der Waals surface area contributed by atoms with E-state index in [1.807, 2.05) is 0 Å². The molecular formula is C38H45N3O. The number of hydrogen-bond acceptors (Lipinski definition) is 3. The number of methoxy groups -OCH3 is 1. The van der Waals surface area contributed by atoms with Crippen LogP contribution in [0.5, 0.6) is 5.75 Å². The van der Waals surface area contributed by atoms with E-state index in [2.05, 4.69) is 139 Å². The van der Waals surface area contributed by atoms with Crippen LogP contribution in [0.3, 0.4) is 0 Å². The summed E-state index contributed by atoms with van der Waals surface area (Å²) in [6.07, 6.45) is 0. The van der Waals surface area contributed by atoms with Gasteiger partial charge in [0.05, 0.1) is 18.3 Å². The van der Waals surface area contributed by atoms with Gasteiger partial charge in [-0.1, -0.05) is 90.1 Å². The topological polar surface area (TPSA) is 39.1 Å². The molecule has 0 aliphatic heterocycles. The molecule has 0 aliphatic carbocycles. The molecule has 4 nitrogen and oxygen atoms in total. The van der Waals surface area contributed by atoms with Crippen molar-refractivity contribution in [2.24, 2.45) is 7.05 Å². The van der Waals surface area contributed by atoms with Gasteiger partial charge in [0.1, 0.15) is 17.1 Å². The molecule has 0 fully saturated rings. The monoisotopic (exact) mass is 559 g/mol. The molecule has 42 heavy (non-hydrogen) atoms. The maximum atomic E-state index is 6.05. The second kappa shape index (κ2) is 11.7. The van der Waals surface area contributed by atoms with Crippen molar-refractivity contribution in [2.45, 2.75) is 73.1 Å². The van der Waals surface area contributed by atoms with Gasteiger partial charge in [-0.25, -0.2) is 4.98 Å². The number of hydrogen-bond donors (Lipinski definition) is 1. The van der Waals surface area contributed by atoms with E-state index in [0.29, 0.717) is 17.8 Å². The minimum atomic E-state index is 0.350. The van der Waals surface area contributed by atoms with Crippen LogP contribution in [0.1, 0.15) is 87.1 Å². The molecule has 0 atom stereocenters. The quantitative estimate of drug-likeness (QED) is 0.205. The summed E-state index contributed by atoms with van der Waals surface area (Å²) in [5.41, 5.74) is 13.9. The van der Waals surface area contributed by atoms with Crippen molar-refractivity contribution in [3.63, 3.8) is 0 Å². The molecule has 0 saturated heterocycles. The second-order valence-corrected chi connectivity index (χ2v) is 12.6. The number of aryl methyl sites for hydroxylation is 3. The first kappa shape index (κ1) is 29.4. The molecule has 1 heterocycles. The average molecular weight is 560 g/mol. The van der Waals surface area contributed by atoms with Gasteiger partial charge in [-0.3, -0.25) is 0 Å². The molecule has 0 saturated carbocycles. The predicted molar refractivity (Wildman–Crippen MR) is 180 cm³/mol. The first-order valence-corrected chi connectivity index (χ1v) is 15.2. The van der Waals surface area contributed by atoms with Gasteiger partial charge in [0.2, 0.25) is 0 Å². The van der Waals surface area contributed by atoms with E-state index in [1.54, 1.807) is 7.11 Å². The molecule has 4 aromatic carbocycles. The lowest BCUT2D eigenvalue weighted by Gasteiger charge is -2.21. The van der Waals surface area contributed by atoms with E-state index in [1.165, 1.54) is 33.5 Å². The van der Waals surface area contributed by atoms with E-state index in [-0.39, 0.29) is 0 Å². The highest BCUT2D eigenvalue weighted by Gasteiger charge is 2.22. The van der Waals surface area contributed by atoms with Gasteiger partial charge in [0.15, 0.2) is 0 Å². The van der Waals surface area contributed by atoms with Crippen molar-refractivity contribution in [1.82, 2.24) is 9.55 Å². The zero-order valence-corrected chi connectivity index (χ0v) is 26.9. The maximum absolute atomic E-state index is 6.05. The highest BCUT2D eigenvalue weighted by Crippen LogP contribution is 2.43. The van der Waals surface area contributed by atoms with E-state index in [9.17, 15) is 0 Å².